The third kappa shape index (κ3) is 19.6. The van der Waals surface area contributed by atoms with E-state index in [0.717, 1.165) is 211 Å². The predicted molar refractivity (Wildman–Crippen MR) is 488 cm³/mol. The Morgan fingerprint density at radius 2 is 0.820 bits per heavy atom. The Hall–Kier alpha value is -14.5. The molecule has 0 saturated carbocycles. The molecule has 16 heterocycles. The number of phenols is 6. The predicted octanol–water partition coefficient (Wildman–Crippen LogP) is 10.7. The largest absolute Gasteiger partial charge is 0.508 e. The SMILES string of the molecule is OCCN1CCC2(CCN(c3ccc(-c4ccc(-n5cccn5)cc4O)nn3)C2)C1.Oc1cc(-n2cccn2)ccc1-c1ccc(C2=CCNCC2)nn1.Oc1cc(-n2cccn2)ccc1-c1ccc(C2CCNCC2)nn1.Oc1cc(-n2cccn2)ccc1-c1ccc(N2C[C@H]3CNC[C@H]3C2)nn1.Oc1ccc2cc(-c3ccc(N4CCNCC4)nn3)c(O)cc2c1. The molecular weight excluding hydrogens is 1620 g/mol. The van der Waals surface area contributed by atoms with E-state index in [9.17, 15) is 35.7 Å². The Labute approximate surface area is 738 Å². The van der Waals surface area contributed by atoms with Gasteiger partial charge in [0, 0.05) is 198 Å². The molecule has 33 nitrogen and oxygen atoms in total. The van der Waals surface area contributed by atoms with Crippen LogP contribution >= 0.6 is 0 Å². The number of nitrogens with zero attached hydrogens (tertiary/aromatic N) is 22. The number of fused-ring (bicyclic) bond motifs is 2. The van der Waals surface area contributed by atoms with Gasteiger partial charge in [-0.15, -0.1) is 35.7 Å². The Kier molecular flexibility index (Phi) is 25.7. The molecule has 1 unspecified atom stereocenters. The van der Waals surface area contributed by atoms with E-state index in [1.54, 1.807) is 86.0 Å². The molecule has 3 atom stereocenters. The van der Waals surface area contributed by atoms with Crippen LogP contribution in [0.2, 0.25) is 0 Å². The maximum Gasteiger partial charge on any atom is 0.151 e. The molecule has 128 heavy (non-hydrogen) atoms. The highest BCUT2D eigenvalue weighted by molar-refractivity contribution is 5.91. The molecule has 7 aliphatic heterocycles. The lowest BCUT2D eigenvalue weighted by Crippen LogP contribution is -2.43. The number of aromatic hydroxyl groups is 6. The second kappa shape index (κ2) is 39.0. The van der Waals surface area contributed by atoms with Gasteiger partial charge >= 0.3 is 0 Å². The molecule has 15 aromatic rings. The Bertz CT molecular complexity index is 6210. The smallest absolute Gasteiger partial charge is 0.151 e. The molecular formula is C95H100N26O7. The molecule has 11 N–H and O–H groups in total. The number of piperazine rings is 1. The van der Waals surface area contributed by atoms with Gasteiger partial charge in [-0.2, -0.15) is 35.7 Å². The lowest BCUT2D eigenvalue weighted by atomic mass is 9.86. The van der Waals surface area contributed by atoms with Crippen molar-refractivity contribution in [2.24, 2.45) is 17.3 Å². The van der Waals surface area contributed by atoms with Crippen LogP contribution in [0.3, 0.4) is 0 Å². The molecule has 33 heteroatoms. The van der Waals surface area contributed by atoms with Crippen LogP contribution in [0.1, 0.15) is 49.4 Å². The molecule has 6 fully saturated rings. The summed E-state index contributed by atoms with van der Waals surface area (Å²) in [6.45, 7) is 16.9. The van der Waals surface area contributed by atoms with Crippen LogP contribution in [0.25, 0.3) is 95.4 Å². The van der Waals surface area contributed by atoms with Gasteiger partial charge in [-0.3, -0.25) is 0 Å². The summed E-state index contributed by atoms with van der Waals surface area (Å²) in [5, 5.41) is 146. The summed E-state index contributed by atoms with van der Waals surface area (Å²) in [4.78, 5) is 9.16. The van der Waals surface area contributed by atoms with Crippen LogP contribution in [-0.4, -0.2) is 249 Å². The number of aliphatic hydroxyl groups excluding tert-OH is 1. The zero-order valence-corrected chi connectivity index (χ0v) is 70.6. The molecule has 9 aromatic heterocycles. The van der Waals surface area contributed by atoms with Gasteiger partial charge in [0.25, 0.3) is 0 Å². The summed E-state index contributed by atoms with van der Waals surface area (Å²) in [7, 11) is 0. The van der Waals surface area contributed by atoms with Crippen LogP contribution in [0, 0.1) is 17.3 Å². The normalized spacial score (nSPS) is 17.9. The molecule has 6 saturated heterocycles. The van der Waals surface area contributed by atoms with Crippen LogP contribution in [0.5, 0.6) is 34.5 Å². The van der Waals surface area contributed by atoms with Crippen LogP contribution in [-0.2, 0) is 0 Å². The van der Waals surface area contributed by atoms with Gasteiger partial charge in [-0.1, -0.05) is 12.1 Å². The van der Waals surface area contributed by atoms with Crippen molar-refractivity contribution in [1.29, 1.82) is 0 Å². The highest BCUT2D eigenvalue weighted by Gasteiger charge is 2.44. The highest BCUT2D eigenvalue weighted by atomic mass is 16.3. The van der Waals surface area contributed by atoms with Gasteiger partial charge in [-0.05, 0) is 244 Å². The van der Waals surface area contributed by atoms with Gasteiger partial charge in [0.1, 0.15) is 34.5 Å². The number of rotatable bonds is 16. The van der Waals surface area contributed by atoms with E-state index in [0.29, 0.717) is 67.6 Å². The third-order valence-electron chi connectivity index (χ3n) is 24.6. The molecule has 6 aromatic carbocycles. The Balaban J connectivity index is 0.000000108. The van der Waals surface area contributed by atoms with Crippen molar-refractivity contribution in [2.75, 3.05) is 133 Å². The molecule has 0 radical (unpaired) electrons. The molecule has 1 spiro atoms. The number of aromatic nitrogens is 18. The molecule has 0 bridgehead atoms. The Morgan fingerprint density at radius 1 is 0.367 bits per heavy atom. The summed E-state index contributed by atoms with van der Waals surface area (Å²) in [6.07, 6.45) is 21.8. The summed E-state index contributed by atoms with van der Waals surface area (Å²) in [6, 6.07) is 57.1. The maximum absolute atomic E-state index is 10.5. The number of nitrogens with one attached hydrogen (secondary N) is 4. The average Bonchev–Trinajstić information content (AvgIpc) is 1.10. The number of anilines is 3. The van der Waals surface area contributed by atoms with Gasteiger partial charge in [-0.25, -0.2) is 18.7 Å². The minimum absolute atomic E-state index is 0.123. The topological polar surface area (TPSA) is 403 Å². The number of piperidine rings is 1. The minimum atomic E-state index is 0.123. The van der Waals surface area contributed by atoms with Crippen molar-refractivity contribution in [2.45, 2.75) is 38.0 Å². The fraction of sp³-hybridized carbons (Fsp3) is 0.284. The van der Waals surface area contributed by atoms with Crippen molar-refractivity contribution in [3.05, 3.63) is 255 Å². The van der Waals surface area contributed by atoms with Crippen molar-refractivity contribution in [3.8, 4) is 114 Å². The van der Waals surface area contributed by atoms with Crippen LogP contribution in [0.15, 0.2) is 244 Å². The monoisotopic (exact) mass is 1720 g/mol. The molecule has 22 rings (SSSR count). The van der Waals surface area contributed by atoms with Crippen molar-refractivity contribution < 1.29 is 35.7 Å². The van der Waals surface area contributed by atoms with Gasteiger partial charge in [0.15, 0.2) is 17.5 Å². The number of hydrogen-bond donors (Lipinski definition) is 11. The van der Waals surface area contributed by atoms with E-state index in [2.05, 4.69) is 118 Å². The molecule has 0 aliphatic carbocycles. The minimum Gasteiger partial charge on any atom is -0.508 e. The summed E-state index contributed by atoms with van der Waals surface area (Å²) >= 11 is 0. The van der Waals surface area contributed by atoms with Gasteiger partial charge in [0.05, 0.1) is 69.2 Å². The molecule has 0 amide bonds. The van der Waals surface area contributed by atoms with E-state index in [1.165, 1.54) is 12.0 Å². The van der Waals surface area contributed by atoms with E-state index >= 15 is 0 Å². The lowest BCUT2D eigenvalue weighted by Gasteiger charge is -2.27. The second-order valence-corrected chi connectivity index (χ2v) is 32.9. The van der Waals surface area contributed by atoms with Crippen molar-refractivity contribution >= 4 is 33.8 Å². The highest BCUT2D eigenvalue weighted by Crippen LogP contribution is 2.43. The zero-order chi connectivity index (χ0) is 87.3. The van der Waals surface area contributed by atoms with E-state index < -0.39 is 0 Å². The lowest BCUT2D eigenvalue weighted by molar-refractivity contribution is 0.205. The van der Waals surface area contributed by atoms with E-state index in [1.807, 2.05) is 170 Å². The third-order valence-corrected chi connectivity index (χ3v) is 24.6. The fourth-order valence-corrected chi connectivity index (χ4v) is 17.7. The first-order valence-electron chi connectivity index (χ1n) is 43.4. The second-order valence-electron chi connectivity index (χ2n) is 32.9. The van der Waals surface area contributed by atoms with Crippen molar-refractivity contribution in [3.63, 3.8) is 0 Å². The standard InChI is InChI=1S/C22H26N6O2.C19H20N6O.C18H19N5O.C18H17N5O.C18H18N4O2/c29-13-12-26-10-6-22(15-26)7-11-27(16-22)21-5-4-19(24-25-21)18-3-2-17(14-20(18)30)28-9-1-8-23-28;26-18-8-15(25-7-1-6-21-25)2-3-16(18)17-4-5-19(23-22-17)24-11-13-9-20-10-14(13)12-24;2*24-18-12-14(23-11-1-8-20-23)2-3-15(18)17-5-4-16(21-22-17)13-6-9-19-10-7-13;23-14-2-1-12-10-15(17(24)11-13(12)9-14)16-3-4-18(21-20-16)22-7-5-19-6-8-22/h1-5,8-9,14,29-30H,6-7,10-13,15-16H2;1-8,13-14,20,26H,9-12H2;1-5,8,11-13,19,24H,6-7,9-10H2;1-6,8,11-12,19,24H,7,9-10H2;1-4,9-11,19,23-24H,5-8H2/t;13-,14+;;;. The maximum atomic E-state index is 10.5. The number of β-amino-alcohol motifs (C(OH)–C–C–N with tert-alkyl or cyclic N) is 1. The van der Waals surface area contributed by atoms with Crippen molar-refractivity contribution in [1.82, 2.24) is 116 Å². The summed E-state index contributed by atoms with van der Waals surface area (Å²) in [5.74, 6) is 5.51. The summed E-state index contributed by atoms with van der Waals surface area (Å²) in [5.41, 5.74) is 13.2. The van der Waals surface area contributed by atoms with Crippen LogP contribution in [0.4, 0.5) is 17.5 Å². The van der Waals surface area contributed by atoms with E-state index in [4.69, 9.17) is 0 Å². The quantitative estimate of drug-likeness (QED) is 0.0428. The van der Waals surface area contributed by atoms with Crippen LogP contribution < -0.4 is 36.0 Å². The molecule has 652 valence electrons. The number of likely N-dealkylation sites (tertiary alicyclic amines) is 1. The fourth-order valence-electron chi connectivity index (χ4n) is 17.7. The van der Waals surface area contributed by atoms with Gasteiger partial charge < -0.3 is 76.6 Å². The summed E-state index contributed by atoms with van der Waals surface area (Å²) < 4.78 is 6.81. The first-order chi connectivity index (χ1) is 62.8. The Morgan fingerprint density at radius 3 is 1.27 bits per heavy atom. The van der Waals surface area contributed by atoms with Gasteiger partial charge in [0.2, 0.25) is 0 Å². The number of phenolic OH excluding ortho intramolecular Hbond substituents is 6. The first kappa shape index (κ1) is 84.4. The molecule has 7 aliphatic rings. The number of hydrogen-bond acceptors (Lipinski definition) is 29. The number of benzene rings is 6. The van der Waals surface area contributed by atoms with E-state index in [-0.39, 0.29) is 41.1 Å². The zero-order valence-electron chi connectivity index (χ0n) is 70.6. The average molecular weight is 1720 g/mol. The number of aliphatic hydroxyl groups is 1. The first-order valence-corrected chi connectivity index (χ1v) is 43.4.